The molecule has 0 aromatic heterocycles. The highest BCUT2D eigenvalue weighted by molar-refractivity contribution is 5.51. The second-order valence-corrected chi connectivity index (χ2v) is 5.61. The summed E-state index contributed by atoms with van der Waals surface area (Å²) in [6.45, 7) is 8.16. The molecular weight excluding hydrogens is 222 g/mol. The molecule has 2 rings (SSSR count). The van der Waals surface area contributed by atoms with Crippen LogP contribution in [0.4, 0.5) is 5.69 Å². The maximum Gasteiger partial charge on any atom is 0.0736 e. The number of benzene rings is 1. The Morgan fingerprint density at radius 3 is 2.67 bits per heavy atom. The Kier molecular flexibility index (Phi) is 4.65. The van der Waals surface area contributed by atoms with Crippen LogP contribution in [0.5, 0.6) is 0 Å². The van der Waals surface area contributed by atoms with Gasteiger partial charge < -0.3 is 10.1 Å². The summed E-state index contributed by atoms with van der Waals surface area (Å²) in [6.07, 6.45) is 2.61. The number of ether oxygens (including phenoxy) is 1. The highest BCUT2D eigenvalue weighted by Crippen LogP contribution is 2.36. The van der Waals surface area contributed by atoms with Crippen LogP contribution < -0.4 is 5.32 Å². The summed E-state index contributed by atoms with van der Waals surface area (Å²) >= 11 is 0. The standard InChI is InChI=1S/C16H25NO/c1-4-18-11-13-7-5-6-8-16(13)17-15-9-14(10-15)12(2)3/h5-8,12,14-15,17H,4,9-11H2,1-3H3. The molecule has 1 aliphatic rings. The lowest BCUT2D eigenvalue weighted by Gasteiger charge is -2.39. The third-order valence-corrected chi connectivity index (χ3v) is 3.96. The zero-order valence-electron chi connectivity index (χ0n) is 11.8. The van der Waals surface area contributed by atoms with Gasteiger partial charge in [-0.2, -0.15) is 0 Å². The minimum absolute atomic E-state index is 0.653. The Morgan fingerprint density at radius 1 is 1.28 bits per heavy atom. The van der Waals surface area contributed by atoms with Crippen LogP contribution in [-0.2, 0) is 11.3 Å². The van der Waals surface area contributed by atoms with Crippen LogP contribution in [0.3, 0.4) is 0 Å². The van der Waals surface area contributed by atoms with E-state index in [1.165, 1.54) is 24.1 Å². The Bertz CT molecular complexity index is 369. The minimum atomic E-state index is 0.653. The molecule has 0 saturated heterocycles. The number of hydrogen-bond acceptors (Lipinski definition) is 2. The molecule has 1 aromatic carbocycles. The summed E-state index contributed by atoms with van der Waals surface area (Å²) < 4.78 is 5.51. The van der Waals surface area contributed by atoms with E-state index in [9.17, 15) is 0 Å². The van der Waals surface area contributed by atoms with Crippen LogP contribution in [0.25, 0.3) is 0 Å². The molecule has 0 radical (unpaired) electrons. The molecule has 0 spiro atoms. The Morgan fingerprint density at radius 2 is 2.00 bits per heavy atom. The summed E-state index contributed by atoms with van der Waals surface area (Å²) in [4.78, 5) is 0. The topological polar surface area (TPSA) is 21.3 Å². The lowest BCUT2D eigenvalue weighted by Crippen LogP contribution is -2.38. The van der Waals surface area contributed by atoms with Crippen molar-refractivity contribution in [3.05, 3.63) is 29.8 Å². The van der Waals surface area contributed by atoms with Crippen molar-refractivity contribution >= 4 is 5.69 Å². The molecule has 0 atom stereocenters. The third-order valence-electron chi connectivity index (χ3n) is 3.96. The monoisotopic (exact) mass is 247 g/mol. The number of nitrogens with one attached hydrogen (secondary N) is 1. The molecule has 1 saturated carbocycles. The molecule has 2 heteroatoms. The summed E-state index contributed by atoms with van der Waals surface area (Å²) in [7, 11) is 0. The van der Waals surface area contributed by atoms with Gasteiger partial charge in [0.1, 0.15) is 0 Å². The second kappa shape index (κ2) is 6.24. The van der Waals surface area contributed by atoms with E-state index in [2.05, 4.69) is 43.4 Å². The third kappa shape index (κ3) is 3.26. The molecule has 18 heavy (non-hydrogen) atoms. The fourth-order valence-corrected chi connectivity index (χ4v) is 2.54. The molecule has 1 aromatic rings. The predicted octanol–water partition coefficient (Wildman–Crippen LogP) is 4.07. The van der Waals surface area contributed by atoms with Gasteiger partial charge in [-0.15, -0.1) is 0 Å². The summed E-state index contributed by atoms with van der Waals surface area (Å²) in [5, 5.41) is 3.66. The summed E-state index contributed by atoms with van der Waals surface area (Å²) in [6, 6.07) is 9.14. The number of rotatable bonds is 6. The van der Waals surface area contributed by atoms with E-state index in [-0.39, 0.29) is 0 Å². The SMILES string of the molecule is CCOCc1ccccc1NC1CC(C(C)C)C1. The van der Waals surface area contributed by atoms with Crippen LogP contribution in [0.15, 0.2) is 24.3 Å². The fraction of sp³-hybridized carbons (Fsp3) is 0.625. The van der Waals surface area contributed by atoms with Gasteiger partial charge in [-0.1, -0.05) is 32.0 Å². The highest BCUT2D eigenvalue weighted by atomic mass is 16.5. The number of hydrogen-bond donors (Lipinski definition) is 1. The Balaban J connectivity index is 1.89. The van der Waals surface area contributed by atoms with E-state index in [1.54, 1.807) is 0 Å². The molecule has 1 aliphatic carbocycles. The molecule has 0 aliphatic heterocycles. The molecule has 1 fully saturated rings. The van der Waals surface area contributed by atoms with Gasteiger partial charge in [0.25, 0.3) is 0 Å². The van der Waals surface area contributed by atoms with Crippen molar-refractivity contribution < 1.29 is 4.74 Å². The van der Waals surface area contributed by atoms with Gasteiger partial charge >= 0.3 is 0 Å². The van der Waals surface area contributed by atoms with Gasteiger partial charge in [-0.05, 0) is 37.7 Å². The molecule has 1 N–H and O–H groups in total. The zero-order chi connectivity index (χ0) is 13.0. The number of para-hydroxylation sites is 1. The summed E-state index contributed by atoms with van der Waals surface area (Å²) in [5.41, 5.74) is 2.52. The van der Waals surface area contributed by atoms with E-state index in [4.69, 9.17) is 4.74 Å². The average molecular weight is 247 g/mol. The van der Waals surface area contributed by atoms with Crippen LogP contribution in [0.2, 0.25) is 0 Å². The van der Waals surface area contributed by atoms with Crippen molar-refractivity contribution in [1.29, 1.82) is 0 Å². The van der Waals surface area contributed by atoms with Crippen molar-refractivity contribution in [3.8, 4) is 0 Å². The van der Waals surface area contributed by atoms with Crippen LogP contribution in [0.1, 0.15) is 39.2 Å². The first-order valence-electron chi connectivity index (χ1n) is 7.13. The largest absolute Gasteiger partial charge is 0.382 e. The molecule has 0 amide bonds. The maximum atomic E-state index is 5.51. The highest BCUT2D eigenvalue weighted by Gasteiger charge is 2.31. The molecule has 0 bridgehead atoms. The molecule has 0 heterocycles. The van der Waals surface area contributed by atoms with Crippen molar-refractivity contribution in [2.75, 3.05) is 11.9 Å². The van der Waals surface area contributed by atoms with Gasteiger partial charge in [-0.25, -0.2) is 0 Å². The van der Waals surface area contributed by atoms with Crippen molar-refractivity contribution in [2.24, 2.45) is 11.8 Å². The smallest absolute Gasteiger partial charge is 0.0736 e. The number of anilines is 1. The van der Waals surface area contributed by atoms with Gasteiger partial charge in [0, 0.05) is 23.9 Å². The Labute approximate surface area is 111 Å². The van der Waals surface area contributed by atoms with E-state index in [0.29, 0.717) is 12.6 Å². The molecule has 0 unspecified atom stereocenters. The van der Waals surface area contributed by atoms with E-state index >= 15 is 0 Å². The van der Waals surface area contributed by atoms with Gasteiger partial charge in [-0.3, -0.25) is 0 Å². The first kappa shape index (κ1) is 13.4. The summed E-state index contributed by atoms with van der Waals surface area (Å²) in [5.74, 6) is 1.73. The average Bonchev–Trinajstić information content (AvgIpc) is 2.31. The maximum absolute atomic E-state index is 5.51. The molecule has 2 nitrogen and oxygen atoms in total. The first-order chi connectivity index (χ1) is 8.70. The van der Waals surface area contributed by atoms with E-state index in [1.807, 2.05) is 6.92 Å². The molecular formula is C16H25NO. The zero-order valence-corrected chi connectivity index (χ0v) is 11.8. The lowest BCUT2D eigenvalue weighted by molar-refractivity contribution is 0.134. The van der Waals surface area contributed by atoms with E-state index < -0.39 is 0 Å². The van der Waals surface area contributed by atoms with Crippen molar-refractivity contribution in [2.45, 2.75) is 46.3 Å². The predicted molar refractivity (Wildman–Crippen MR) is 76.7 cm³/mol. The van der Waals surface area contributed by atoms with Gasteiger partial charge in [0.15, 0.2) is 0 Å². The molecule has 100 valence electrons. The first-order valence-corrected chi connectivity index (χ1v) is 7.13. The van der Waals surface area contributed by atoms with Crippen LogP contribution in [0, 0.1) is 11.8 Å². The quantitative estimate of drug-likeness (QED) is 0.818. The second-order valence-electron chi connectivity index (χ2n) is 5.61. The van der Waals surface area contributed by atoms with Crippen LogP contribution in [-0.4, -0.2) is 12.6 Å². The van der Waals surface area contributed by atoms with Gasteiger partial charge in [0.05, 0.1) is 6.61 Å². The van der Waals surface area contributed by atoms with E-state index in [0.717, 1.165) is 18.4 Å². The minimum Gasteiger partial charge on any atom is -0.382 e. The van der Waals surface area contributed by atoms with Crippen LogP contribution >= 0.6 is 0 Å². The van der Waals surface area contributed by atoms with Gasteiger partial charge in [0.2, 0.25) is 0 Å². The fourth-order valence-electron chi connectivity index (χ4n) is 2.54. The normalized spacial score (nSPS) is 22.9. The lowest BCUT2D eigenvalue weighted by atomic mass is 9.73. The Hall–Kier alpha value is -1.02. The van der Waals surface area contributed by atoms with Crippen molar-refractivity contribution in [3.63, 3.8) is 0 Å². The van der Waals surface area contributed by atoms with Crippen molar-refractivity contribution in [1.82, 2.24) is 0 Å².